The van der Waals surface area contributed by atoms with Crippen molar-refractivity contribution in [2.45, 2.75) is 32.2 Å². The van der Waals surface area contributed by atoms with Crippen LogP contribution in [0.15, 0.2) is 28.7 Å². The minimum Gasteiger partial charge on any atom is -0.317 e. The zero-order chi connectivity index (χ0) is 14.3. The molecule has 0 aromatic heterocycles. The van der Waals surface area contributed by atoms with E-state index in [-0.39, 0.29) is 5.75 Å². The van der Waals surface area contributed by atoms with Crippen molar-refractivity contribution in [3.05, 3.63) is 34.3 Å². The predicted molar refractivity (Wildman–Crippen MR) is 84.3 cm³/mol. The number of hydrogen-bond donors (Lipinski definition) is 1. The van der Waals surface area contributed by atoms with Crippen LogP contribution in [0.3, 0.4) is 0 Å². The summed E-state index contributed by atoms with van der Waals surface area (Å²) in [5.41, 5.74) is 1.26. The van der Waals surface area contributed by atoms with Crippen molar-refractivity contribution >= 4 is 25.8 Å². The molecule has 1 aromatic carbocycles. The Morgan fingerprint density at radius 1 is 1.37 bits per heavy atom. The summed E-state index contributed by atoms with van der Waals surface area (Å²) in [5, 5.41) is 3.26. The minimum absolute atomic E-state index is 0.239. The number of nitrogens with one attached hydrogen (secondary N) is 1. The van der Waals surface area contributed by atoms with Gasteiger partial charge in [0.25, 0.3) is 0 Å². The number of likely N-dealkylation sites (N-methyl/N-ethyl adjacent to an activating group) is 1. The zero-order valence-corrected chi connectivity index (χ0v) is 13.9. The van der Waals surface area contributed by atoms with E-state index in [9.17, 15) is 8.42 Å². The fraction of sp³-hybridized carbons (Fsp3) is 0.571. The Morgan fingerprint density at radius 3 is 2.68 bits per heavy atom. The standard InChI is InChI=1S/C14H22BrNO2S/c1-3-19(17,18)9-5-8-14(16-2)11-12-6-4-7-13(15)10-12/h4,6-7,10,14,16H,3,5,8-9,11H2,1-2H3. The molecule has 0 bridgehead atoms. The van der Waals surface area contributed by atoms with Gasteiger partial charge in [-0.25, -0.2) is 8.42 Å². The fourth-order valence-corrected chi connectivity index (χ4v) is 3.33. The molecule has 1 aromatic rings. The van der Waals surface area contributed by atoms with Crippen LogP contribution in [0.2, 0.25) is 0 Å². The maximum atomic E-state index is 11.4. The van der Waals surface area contributed by atoms with E-state index in [1.54, 1.807) is 6.92 Å². The average molecular weight is 348 g/mol. The largest absolute Gasteiger partial charge is 0.317 e. The molecule has 0 saturated carbocycles. The summed E-state index contributed by atoms with van der Waals surface area (Å²) in [6.07, 6.45) is 2.51. The van der Waals surface area contributed by atoms with Crippen LogP contribution in [-0.2, 0) is 16.3 Å². The van der Waals surface area contributed by atoms with Gasteiger partial charge in [-0.05, 0) is 44.0 Å². The molecule has 0 aliphatic carbocycles. The number of sulfone groups is 1. The van der Waals surface area contributed by atoms with Gasteiger partial charge >= 0.3 is 0 Å². The lowest BCUT2D eigenvalue weighted by Crippen LogP contribution is -2.28. The maximum absolute atomic E-state index is 11.4. The first-order valence-corrected chi connectivity index (χ1v) is 9.20. The van der Waals surface area contributed by atoms with Crippen molar-refractivity contribution in [2.24, 2.45) is 0 Å². The Balaban J connectivity index is 2.46. The van der Waals surface area contributed by atoms with Crippen molar-refractivity contribution < 1.29 is 8.42 Å². The van der Waals surface area contributed by atoms with E-state index in [2.05, 4.69) is 33.4 Å². The van der Waals surface area contributed by atoms with Crippen molar-refractivity contribution in [3.8, 4) is 0 Å². The van der Waals surface area contributed by atoms with Crippen LogP contribution in [0.1, 0.15) is 25.3 Å². The lowest BCUT2D eigenvalue weighted by Gasteiger charge is -2.16. The molecule has 1 rings (SSSR count). The van der Waals surface area contributed by atoms with Crippen LogP contribution in [0.4, 0.5) is 0 Å². The van der Waals surface area contributed by atoms with Crippen LogP contribution >= 0.6 is 15.9 Å². The molecule has 108 valence electrons. The zero-order valence-electron chi connectivity index (χ0n) is 11.5. The Bertz CT molecular complexity index is 488. The van der Waals surface area contributed by atoms with Crippen LogP contribution in [-0.4, -0.2) is 33.0 Å². The molecule has 0 fully saturated rings. The normalized spacial score (nSPS) is 13.4. The summed E-state index contributed by atoms with van der Waals surface area (Å²) in [5.74, 6) is 0.531. The molecule has 0 amide bonds. The van der Waals surface area contributed by atoms with E-state index in [1.807, 2.05) is 19.2 Å². The predicted octanol–water partition coefficient (Wildman–Crippen LogP) is 2.79. The molecule has 3 nitrogen and oxygen atoms in total. The molecule has 0 aliphatic heterocycles. The molecule has 0 spiro atoms. The van der Waals surface area contributed by atoms with Gasteiger partial charge in [0.05, 0.1) is 5.75 Å². The quantitative estimate of drug-likeness (QED) is 0.786. The molecule has 19 heavy (non-hydrogen) atoms. The van der Waals surface area contributed by atoms with E-state index >= 15 is 0 Å². The number of hydrogen-bond acceptors (Lipinski definition) is 3. The number of rotatable bonds is 8. The van der Waals surface area contributed by atoms with Crippen molar-refractivity contribution in [1.82, 2.24) is 5.32 Å². The van der Waals surface area contributed by atoms with Crippen LogP contribution in [0.25, 0.3) is 0 Å². The topological polar surface area (TPSA) is 46.2 Å². The molecular formula is C14H22BrNO2S. The molecule has 0 heterocycles. The van der Waals surface area contributed by atoms with E-state index in [0.29, 0.717) is 11.8 Å². The third-order valence-corrected chi connectivity index (χ3v) is 5.51. The third kappa shape index (κ3) is 6.54. The summed E-state index contributed by atoms with van der Waals surface area (Å²) in [7, 11) is -0.911. The molecule has 1 unspecified atom stereocenters. The highest BCUT2D eigenvalue weighted by atomic mass is 79.9. The van der Waals surface area contributed by atoms with Gasteiger partial charge in [0.1, 0.15) is 9.84 Å². The maximum Gasteiger partial charge on any atom is 0.150 e. The van der Waals surface area contributed by atoms with Gasteiger partial charge in [-0.3, -0.25) is 0 Å². The van der Waals surface area contributed by atoms with Gasteiger partial charge in [-0.1, -0.05) is 35.0 Å². The minimum atomic E-state index is -2.84. The first kappa shape index (κ1) is 16.7. The SMILES string of the molecule is CCS(=O)(=O)CCCC(Cc1cccc(Br)c1)NC. The fourth-order valence-electron chi connectivity index (χ4n) is 1.99. The van der Waals surface area contributed by atoms with Crippen molar-refractivity contribution in [2.75, 3.05) is 18.6 Å². The summed E-state index contributed by atoms with van der Waals surface area (Å²) in [6, 6.07) is 8.55. The average Bonchev–Trinajstić information content (AvgIpc) is 2.37. The van der Waals surface area contributed by atoms with E-state index in [4.69, 9.17) is 0 Å². The van der Waals surface area contributed by atoms with E-state index in [1.165, 1.54) is 5.56 Å². The second-order valence-electron chi connectivity index (χ2n) is 4.70. The Hall–Kier alpha value is -0.390. The molecular weight excluding hydrogens is 326 g/mol. The van der Waals surface area contributed by atoms with E-state index in [0.717, 1.165) is 23.7 Å². The van der Waals surface area contributed by atoms with Gasteiger partial charge in [-0.15, -0.1) is 0 Å². The van der Waals surface area contributed by atoms with Gasteiger partial charge in [0.2, 0.25) is 0 Å². The Kier molecular flexibility index (Phi) is 7.04. The highest BCUT2D eigenvalue weighted by Crippen LogP contribution is 2.14. The molecule has 0 radical (unpaired) electrons. The van der Waals surface area contributed by atoms with Gasteiger partial charge in [0, 0.05) is 16.3 Å². The second-order valence-corrected chi connectivity index (χ2v) is 8.09. The van der Waals surface area contributed by atoms with Gasteiger partial charge in [-0.2, -0.15) is 0 Å². The van der Waals surface area contributed by atoms with Crippen molar-refractivity contribution in [3.63, 3.8) is 0 Å². The summed E-state index contributed by atoms with van der Waals surface area (Å²) >= 11 is 3.46. The van der Waals surface area contributed by atoms with Gasteiger partial charge in [0.15, 0.2) is 0 Å². The summed E-state index contributed by atoms with van der Waals surface area (Å²) in [6.45, 7) is 1.70. The molecule has 0 aliphatic rings. The first-order chi connectivity index (χ1) is 8.96. The molecule has 5 heteroatoms. The lowest BCUT2D eigenvalue weighted by atomic mass is 10.0. The van der Waals surface area contributed by atoms with E-state index < -0.39 is 9.84 Å². The first-order valence-electron chi connectivity index (χ1n) is 6.59. The molecule has 1 atom stereocenters. The van der Waals surface area contributed by atoms with Crippen LogP contribution < -0.4 is 5.32 Å². The number of halogens is 1. The molecule has 1 N–H and O–H groups in total. The lowest BCUT2D eigenvalue weighted by molar-refractivity contribution is 0.511. The Labute approximate surface area is 124 Å². The monoisotopic (exact) mass is 347 g/mol. The molecule has 0 saturated heterocycles. The number of benzene rings is 1. The van der Waals surface area contributed by atoms with Crippen LogP contribution in [0.5, 0.6) is 0 Å². The third-order valence-electron chi connectivity index (χ3n) is 3.23. The van der Waals surface area contributed by atoms with Crippen molar-refractivity contribution in [1.29, 1.82) is 0 Å². The van der Waals surface area contributed by atoms with Gasteiger partial charge < -0.3 is 5.32 Å². The summed E-state index contributed by atoms with van der Waals surface area (Å²) < 4.78 is 24.0. The summed E-state index contributed by atoms with van der Waals surface area (Å²) in [4.78, 5) is 0. The highest BCUT2D eigenvalue weighted by molar-refractivity contribution is 9.10. The van der Waals surface area contributed by atoms with Crippen LogP contribution in [0, 0.1) is 0 Å². The smallest absolute Gasteiger partial charge is 0.150 e. The highest BCUT2D eigenvalue weighted by Gasteiger charge is 2.11. The second kappa shape index (κ2) is 8.02. The Morgan fingerprint density at radius 2 is 2.11 bits per heavy atom.